The van der Waals surface area contributed by atoms with Gasteiger partial charge in [-0.1, -0.05) is 24.3 Å². The monoisotopic (exact) mass is 476 g/mol. The molecule has 1 N–H and O–H groups in total. The molecule has 1 aromatic rings. The lowest BCUT2D eigenvalue weighted by Gasteiger charge is -2.32. The smallest absolute Gasteiger partial charge is 0.421 e. The van der Waals surface area contributed by atoms with Gasteiger partial charge in [0.2, 0.25) is 0 Å². The van der Waals surface area contributed by atoms with Crippen molar-refractivity contribution in [2.75, 3.05) is 6.61 Å². The number of carbonyl (C=O) groups excluding carboxylic acids is 2. The highest BCUT2D eigenvalue weighted by atomic mass is 32.2. The predicted molar refractivity (Wildman–Crippen MR) is 93.6 cm³/mol. The van der Waals surface area contributed by atoms with E-state index in [1.807, 2.05) is 0 Å². The van der Waals surface area contributed by atoms with Gasteiger partial charge in [-0.15, -0.1) is 0 Å². The maximum Gasteiger partial charge on any atom is 0.468 e. The van der Waals surface area contributed by atoms with E-state index in [1.54, 1.807) is 6.92 Å². The lowest BCUT2D eigenvalue weighted by atomic mass is 10.2. The molecule has 0 aliphatic carbocycles. The average molecular weight is 476 g/mol. The summed E-state index contributed by atoms with van der Waals surface area (Å²) in [6, 6.07) is 4.93. The van der Waals surface area contributed by atoms with Crippen LogP contribution in [0.5, 0.6) is 5.75 Å². The molecule has 0 saturated heterocycles. The van der Waals surface area contributed by atoms with Crippen molar-refractivity contribution >= 4 is 22.1 Å². The predicted octanol–water partition coefficient (Wildman–Crippen LogP) is 3.17. The minimum absolute atomic E-state index is 0.428. The highest BCUT2D eigenvalue weighted by Gasteiger charge is 2.68. The van der Waals surface area contributed by atoms with Gasteiger partial charge in [0.15, 0.2) is 0 Å². The van der Waals surface area contributed by atoms with E-state index in [9.17, 15) is 40.0 Å². The third-order valence-electron chi connectivity index (χ3n) is 3.53. The van der Waals surface area contributed by atoms with E-state index in [4.69, 9.17) is 4.55 Å². The number of benzene rings is 1. The van der Waals surface area contributed by atoms with Crippen molar-refractivity contribution in [3.63, 3.8) is 0 Å². The summed E-state index contributed by atoms with van der Waals surface area (Å²) in [4.78, 5) is 24.1. The van der Waals surface area contributed by atoms with Gasteiger partial charge in [-0.2, -0.15) is 30.4 Å². The van der Waals surface area contributed by atoms with Crippen LogP contribution in [0.2, 0.25) is 0 Å². The van der Waals surface area contributed by atoms with Crippen LogP contribution in [0.4, 0.5) is 22.0 Å². The number of hydrogen-bond acceptors (Lipinski definition) is 7. The molecule has 0 fully saturated rings. The van der Waals surface area contributed by atoms with Crippen molar-refractivity contribution in [1.82, 2.24) is 0 Å². The van der Waals surface area contributed by atoms with E-state index < -0.39 is 63.6 Å². The molecule has 1 unspecified atom stereocenters. The van der Waals surface area contributed by atoms with Crippen LogP contribution in [0.1, 0.15) is 18.9 Å². The minimum Gasteiger partial charge on any atom is -0.421 e. The molecule has 0 aliphatic heterocycles. The third kappa shape index (κ3) is 6.45. The molecule has 1 aromatic carbocycles. The standard InChI is InChI=1S/C17H17F5O8S/c1-10(2)13(23)30-16(17(20,21)22,28-9-8-15(18,19)31(25,26)27)14(24)29-12-6-4-11(3)5-7-12/h4-7H,1,8-9H2,2-3H3,(H,25,26,27). The van der Waals surface area contributed by atoms with Gasteiger partial charge in [-0.25, -0.2) is 9.59 Å². The Morgan fingerprint density at radius 3 is 2.03 bits per heavy atom. The summed E-state index contributed by atoms with van der Waals surface area (Å²) in [6.07, 6.45) is -7.86. The second-order valence-electron chi connectivity index (χ2n) is 6.20. The lowest BCUT2D eigenvalue weighted by molar-refractivity contribution is -0.353. The van der Waals surface area contributed by atoms with Crippen molar-refractivity contribution in [2.24, 2.45) is 0 Å². The van der Waals surface area contributed by atoms with Gasteiger partial charge in [0.25, 0.3) is 0 Å². The fraction of sp³-hybridized carbons (Fsp3) is 0.412. The van der Waals surface area contributed by atoms with Crippen LogP contribution in [-0.4, -0.2) is 48.7 Å². The van der Waals surface area contributed by atoms with Crippen molar-refractivity contribution in [3.05, 3.63) is 42.0 Å². The highest BCUT2D eigenvalue weighted by molar-refractivity contribution is 7.86. The van der Waals surface area contributed by atoms with Gasteiger partial charge in [0.05, 0.1) is 13.0 Å². The van der Waals surface area contributed by atoms with Gasteiger partial charge in [0.1, 0.15) is 5.75 Å². The summed E-state index contributed by atoms with van der Waals surface area (Å²) in [5, 5.41) is -4.91. The summed E-state index contributed by atoms with van der Waals surface area (Å²) >= 11 is 0. The van der Waals surface area contributed by atoms with Crippen molar-refractivity contribution in [2.45, 2.75) is 37.5 Å². The largest absolute Gasteiger partial charge is 0.468 e. The number of rotatable bonds is 9. The third-order valence-corrected chi connectivity index (χ3v) is 4.49. The Morgan fingerprint density at radius 1 is 1.10 bits per heavy atom. The van der Waals surface area contributed by atoms with E-state index in [-0.39, 0.29) is 0 Å². The number of hydrogen-bond donors (Lipinski definition) is 1. The van der Waals surface area contributed by atoms with E-state index in [0.29, 0.717) is 5.56 Å². The summed E-state index contributed by atoms with van der Waals surface area (Å²) in [5.74, 6) is -9.10. The second-order valence-corrected chi connectivity index (χ2v) is 7.75. The van der Waals surface area contributed by atoms with E-state index in [2.05, 4.69) is 20.8 Å². The first-order valence-corrected chi connectivity index (χ1v) is 9.60. The van der Waals surface area contributed by atoms with Crippen LogP contribution in [0.15, 0.2) is 36.4 Å². The van der Waals surface area contributed by atoms with Crippen LogP contribution in [0.3, 0.4) is 0 Å². The van der Waals surface area contributed by atoms with Gasteiger partial charge in [-0.3, -0.25) is 4.55 Å². The lowest BCUT2D eigenvalue weighted by Crippen LogP contribution is -2.59. The average Bonchev–Trinajstić information content (AvgIpc) is 2.60. The quantitative estimate of drug-likeness (QED) is 0.144. The van der Waals surface area contributed by atoms with Crippen LogP contribution < -0.4 is 4.74 Å². The van der Waals surface area contributed by atoms with Gasteiger partial charge >= 0.3 is 39.3 Å². The zero-order chi connectivity index (χ0) is 24.3. The minimum atomic E-state index is -6.00. The van der Waals surface area contributed by atoms with Crippen LogP contribution in [-0.2, 0) is 29.2 Å². The Kier molecular flexibility index (Phi) is 7.92. The fourth-order valence-electron chi connectivity index (χ4n) is 1.83. The summed E-state index contributed by atoms with van der Waals surface area (Å²) in [7, 11) is -6.00. The maximum atomic E-state index is 13.8. The molecular weight excluding hydrogens is 459 g/mol. The zero-order valence-electron chi connectivity index (χ0n) is 16.0. The Bertz CT molecular complexity index is 940. The summed E-state index contributed by atoms with van der Waals surface area (Å²) < 4.78 is 111. The number of ether oxygens (including phenoxy) is 3. The first kappa shape index (κ1) is 26.5. The first-order chi connectivity index (χ1) is 13.9. The molecule has 14 heteroatoms. The zero-order valence-corrected chi connectivity index (χ0v) is 16.9. The van der Waals surface area contributed by atoms with Crippen molar-refractivity contribution in [3.8, 4) is 5.75 Å². The van der Waals surface area contributed by atoms with Gasteiger partial charge in [0, 0.05) is 5.57 Å². The molecule has 0 heterocycles. The van der Waals surface area contributed by atoms with E-state index in [1.165, 1.54) is 12.1 Å². The first-order valence-electron chi connectivity index (χ1n) is 8.16. The SMILES string of the molecule is C=C(C)C(=O)OC(OCCC(F)(F)S(=O)(=O)O)(C(=O)Oc1ccc(C)cc1)C(F)(F)F. The molecule has 0 aliphatic rings. The molecule has 0 spiro atoms. The van der Waals surface area contributed by atoms with Gasteiger partial charge in [-0.05, 0) is 26.0 Å². The molecule has 0 radical (unpaired) electrons. The molecule has 1 atom stereocenters. The Morgan fingerprint density at radius 2 is 1.61 bits per heavy atom. The number of halogens is 5. The van der Waals surface area contributed by atoms with E-state index in [0.717, 1.165) is 19.1 Å². The number of carbonyl (C=O) groups is 2. The van der Waals surface area contributed by atoms with Crippen LogP contribution in [0, 0.1) is 6.92 Å². The molecule has 1 rings (SSSR count). The Balaban J connectivity index is 3.33. The molecule has 0 bridgehead atoms. The number of aryl methyl sites for hydroxylation is 1. The summed E-state index contributed by atoms with van der Waals surface area (Å²) in [5.41, 5.74) is 0.0444. The molecular formula is C17H17F5O8S. The molecule has 0 saturated carbocycles. The Hall–Kier alpha value is -2.58. The normalized spacial score (nSPS) is 14.5. The Labute approximate surface area is 173 Å². The topological polar surface area (TPSA) is 116 Å². The molecule has 31 heavy (non-hydrogen) atoms. The maximum absolute atomic E-state index is 13.8. The number of alkyl halides is 5. The second kappa shape index (κ2) is 9.28. The van der Waals surface area contributed by atoms with Crippen molar-refractivity contribution in [1.29, 1.82) is 0 Å². The molecule has 0 amide bonds. The number of esters is 2. The van der Waals surface area contributed by atoms with E-state index >= 15 is 0 Å². The molecule has 0 aromatic heterocycles. The van der Waals surface area contributed by atoms with Gasteiger partial charge < -0.3 is 14.2 Å². The molecule has 174 valence electrons. The fourth-order valence-corrected chi connectivity index (χ4v) is 2.17. The van der Waals surface area contributed by atoms with Crippen LogP contribution >= 0.6 is 0 Å². The molecule has 8 nitrogen and oxygen atoms in total. The van der Waals surface area contributed by atoms with Crippen molar-refractivity contribution < 1.29 is 58.7 Å². The summed E-state index contributed by atoms with van der Waals surface area (Å²) in [6.45, 7) is 3.81. The van der Waals surface area contributed by atoms with Crippen LogP contribution in [0.25, 0.3) is 0 Å². The highest BCUT2D eigenvalue weighted by Crippen LogP contribution is 2.38.